The van der Waals surface area contributed by atoms with E-state index in [4.69, 9.17) is 4.98 Å². The first-order valence-electron chi connectivity index (χ1n) is 15.5. The summed E-state index contributed by atoms with van der Waals surface area (Å²) in [5, 5.41) is 8.66. The molecule has 0 radical (unpaired) electrons. The highest BCUT2D eigenvalue weighted by atomic mass is 19.1. The van der Waals surface area contributed by atoms with E-state index in [1.807, 2.05) is 13.8 Å². The number of aliphatic imine (C=N–C) groups is 2. The van der Waals surface area contributed by atoms with Gasteiger partial charge in [0.1, 0.15) is 17.3 Å². The Balaban J connectivity index is 1.90. The van der Waals surface area contributed by atoms with Crippen molar-refractivity contribution in [1.29, 1.82) is 0 Å². The van der Waals surface area contributed by atoms with E-state index >= 15 is 8.78 Å². The summed E-state index contributed by atoms with van der Waals surface area (Å²) in [5.41, 5.74) is 2.59. The fourth-order valence-corrected chi connectivity index (χ4v) is 6.46. The van der Waals surface area contributed by atoms with Gasteiger partial charge in [-0.15, -0.1) is 0 Å². The van der Waals surface area contributed by atoms with Crippen molar-refractivity contribution in [3.8, 4) is 11.3 Å². The SMILES string of the molecule is C=C/C1=C(\C(=NC)C(C)C)N(C=O)c2nc(c(F)cc2C(=NC)N2C[C@@H](C)NCC2C)-c2c(F)ccc3cnn(c23)CCCC1. The molecule has 1 amide bonds. The predicted octanol–water partition coefficient (Wildman–Crippen LogP) is 5.75. The highest BCUT2D eigenvalue weighted by Crippen LogP contribution is 2.37. The van der Waals surface area contributed by atoms with Crippen LogP contribution in [0, 0.1) is 17.6 Å². The van der Waals surface area contributed by atoms with Crippen molar-refractivity contribution in [2.24, 2.45) is 15.9 Å². The first-order chi connectivity index (χ1) is 21.6. The van der Waals surface area contributed by atoms with Crippen LogP contribution in [-0.2, 0) is 11.3 Å². The first-order valence-corrected chi connectivity index (χ1v) is 15.5. The van der Waals surface area contributed by atoms with Crippen molar-refractivity contribution in [2.45, 2.75) is 65.6 Å². The van der Waals surface area contributed by atoms with Gasteiger partial charge >= 0.3 is 0 Å². The van der Waals surface area contributed by atoms with Crippen LogP contribution >= 0.6 is 0 Å². The number of aromatic nitrogens is 3. The van der Waals surface area contributed by atoms with E-state index < -0.39 is 11.6 Å². The number of piperazine rings is 1. The van der Waals surface area contributed by atoms with E-state index in [0.717, 1.165) is 12.0 Å². The summed E-state index contributed by atoms with van der Waals surface area (Å²) in [4.78, 5) is 31.0. The maximum atomic E-state index is 16.5. The normalized spacial score (nSPS) is 21.9. The average molecular weight is 617 g/mol. The summed E-state index contributed by atoms with van der Waals surface area (Å²) in [5.74, 6) is -0.795. The molecule has 3 aromatic rings. The van der Waals surface area contributed by atoms with Gasteiger partial charge in [-0.25, -0.2) is 13.8 Å². The standard InChI is InChI=1S/C34H42F2N8O/c1-8-23-11-9-10-14-44-31-24(17-40-44)12-13-26(35)28(31)30-27(36)15-25(33(38-7)42-18-21(4)39-16-22(42)5)34(41-30)43(19-45)32(23)29(37-6)20(2)3/h8,12-13,15,17,19-22,39H,1,9-11,14,16,18H2,2-7H3/b32-23-,37-29?,38-33?/t21-,22?/m1/s1. The summed E-state index contributed by atoms with van der Waals surface area (Å²) in [6, 6.07) is 4.45. The maximum absolute atomic E-state index is 16.5. The van der Waals surface area contributed by atoms with Crippen LogP contribution < -0.4 is 10.2 Å². The van der Waals surface area contributed by atoms with E-state index in [0.29, 0.717) is 72.6 Å². The Bertz CT molecular complexity index is 1710. The quantitative estimate of drug-likeness (QED) is 0.224. The largest absolute Gasteiger partial charge is 0.351 e. The Morgan fingerprint density at radius 2 is 1.93 bits per heavy atom. The zero-order valence-electron chi connectivity index (χ0n) is 26.9. The molecular weight excluding hydrogens is 574 g/mol. The van der Waals surface area contributed by atoms with Gasteiger partial charge in [-0.3, -0.25) is 24.4 Å². The van der Waals surface area contributed by atoms with Gasteiger partial charge < -0.3 is 10.2 Å². The molecule has 0 aliphatic carbocycles. The van der Waals surface area contributed by atoms with E-state index in [-0.39, 0.29) is 35.1 Å². The Morgan fingerprint density at radius 3 is 2.60 bits per heavy atom. The number of nitrogens with zero attached hydrogens (tertiary/aromatic N) is 7. The van der Waals surface area contributed by atoms with Crippen molar-refractivity contribution in [3.05, 3.63) is 65.5 Å². The van der Waals surface area contributed by atoms with Crippen LogP contribution in [0.4, 0.5) is 14.6 Å². The molecule has 2 atom stereocenters. The van der Waals surface area contributed by atoms with Crippen molar-refractivity contribution in [3.63, 3.8) is 0 Å². The van der Waals surface area contributed by atoms with Gasteiger partial charge in [-0.1, -0.05) is 26.5 Å². The summed E-state index contributed by atoms with van der Waals surface area (Å²) < 4.78 is 34.1. The predicted molar refractivity (Wildman–Crippen MR) is 177 cm³/mol. The van der Waals surface area contributed by atoms with Gasteiger partial charge in [0.05, 0.1) is 34.2 Å². The summed E-state index contributed by atoms with van der Waals surface area (Å²) in [6.45, 7) is 14.0. The number of aryl methyl sites for hydroxylation is 1. The first kappa shape index (κ1) is 32.2. The smallest absolute Gasteiger partial charge is 0.219 e. The number of amidine groups is 1. The van der Waals surface area contributed by atoms with Crippen molar-refractivity contribution in [2.75, 3.05) is 32.1 Å². The number of anilines is 1. The minimum absolute atomic E-state index is 0.00209. The number of hydrogen-bond donors (Lipinski definition) is 1. The number of rotatable bonds is 5. The molecule has 2 aliphatic rings. The molecule has 5 rings (SSSR count). The molecule has 45 heavy (non-hydrogen) atoms. The molecule has 4 heterocycles. The monoisotopic (exact) mass is 616 g/mol. The van der Waals surface area contributed by atoms with Crippen molar-refractivity contribution in [1.82, 2.24) is 25.0 Å². The third-order valence-corrected chi connectivity index (χ3v) is 8.66. The Morgan fingerprint density at radius 1 is 1.16 bits per heavy atom. The molecule has 1 aromatic carbocycles. The molecule has 1 saturated heterocycles. The number of pyridine rings is 1. The number of hydrogen-bond acceptors (Lipinski definition) is 6. The van der Waals surface area contributed by atoms with Crippen molar-refractivity contribution < 1.29 is 13.6 Å². The van der Waals surface area contributed by atoms with Gasteiger partial charge in [0.2, 0.25) is 6.41 Å². The van der Waals surface area contributed by atoms with E-state index in [2.05, 4.69) is 45.7 Å². The second-order valence-corrected chi connectivity index (χ2v) is 12.0. The van der Waals surface area contributed by atoms with Gasteiger partial charge in [0.15, 0.2) is 11.6 Å². The maximum Gasteiger partial charge on any atom is 0.219 e. The molecule has 1 unspecified atom stereocenters. The molecule has 1 N–H and O–H groups in total. The van der Waals surface area contributed by atoms with Crippen molar-refractivity contribution >= 4 is 34.7 Å². The molecular formula is C34H42F2N8O. The number of benzene rings is 1. The number of nitrogens with one attached hydrogen (secondary N) is 1. The molecule has 2 aromatic heterocycles. The third kappa shape index (κ3) is 5.93. The number of amides is 1. The molecule has 2 aliphatic heterocycles. The lowest BCUT2D eigenvalue weighted by molar-refractivity contribution is -0.107. The molecule has 0 spiro atoms. The molecule has 0 saturated carbocycles. The average Bonchev–Trinajstić information content (AvgIpc) is 3.43. The zero-order chi connectivity index (χ0) is 32.4. The lowest BCUT2D eigenvalue weighted by Crippen LogP contribution is -2.56. The van der Waals surface area contributed by atoms with Crippen LogP contribution in [-0.4, -0.2) is 76.9 Å². The number of fused-ring (bicyclic) bond motifs is 3. The van der Waals surface area contributed by atoms with Gasteiger partial charge in [0, 0.05) is 51.2 Å². The Labute approximate surface area is 263 Å². The van der Waals surface area contributed by atoms with E-state index in [9.17, 15) is 4.79 Å². The van der Waals surface area contributed by atoms with Crippen LogP contribution in [0.25, 0.3) is 22.2 Å². The molecule has 238 valence electrons. The molecule has 9 nitrogen and oxygen atoms in total. The lowest BCUT2D eigenvalue weighted by atomic mass is 9.96. The summed E-state index contributed by atoms with van der Waals surface area (Å²) in [6.07, 6.45) is 6.13. The highest BCUT2D eigenvalue weighted by molar-refractivity contribution is 6.12. The number of halogens is 2. The van der Waals surface area contributed by atoms with E-state index in [1.165, 1.54) is 17.0 Å². The van der Waals surface area contributed by atoms with Crippen LogP contribution in [0.1, 0.15) is 52.5 Å². The van der Waals surface area contributed by atoms with Gasteiger partial charge in [-0.2, -0.15) is 5.10 Å². The minimum atomic E-state index is -0.728. The topological polar surface area (TPSA) is 91.0 Å². The second-order valence-electron chi connectivity index (χ2n) is 12.0. The van der Waals surface area contributed by atoms with Crippen LogP contribution in [0.3, 0.4) is 0 Å². The fourth-order valence-electron chi connectivity index (χ4n) is 6.46. The Kier molecular flexibility index (Phi) is 9.57. The molecule has 2 bridgehead atoms. The van der Waals surface area contributed by atoms with Crippen LogP contribution in [0.15, 0.2) is 58.3 Å². The third-order valence-electron chi connectivity index (χ3n) is 8.66. The van der Waals surface area contributed by atoms with Crippen LogP contribution in [0.5, 0.6) is 0 Å². The van der Waals surface area contributed by atoms with Gasteiger partial charge in [-0.05, 0) is 62.8 Å². The molecule has 1 fully saturated rings. The van der Waals surface area contributed by atoms with Crippen LogP contribution in [0.2, 0.25) is 0 Å². The number of carbonyl (C=O) groups is 1. The summed E-state index contributed by atoms with van der Waals surface area (Å²) >= 11 is 0. The zero-order valence-corrected chi connectivity index (χ0v) is 26.9. The number of allylic oxidation sites excluding steroid dienone is 3. The summed E-state index contributed by atoms with van der Waals surface area (Å²) in [7, 11) is 3.34. The number of carbonyl (C=O) groups excluding carboxylic acids is 1. The molecule has 11 heteroatoms. The lowest BCUT2D eigenvalue weighted by Gasteiger charge is -2.40. The van der Waals surface area contributed by atoms with E-state index in [1.54, 1.807) is 37.1 Å². The minimum Gasteiger partial charge on any atom is -0.351 e. The Hall–Kier alpha value is -4.25. The second kappa shape index (κ2) is 13.4. The van der Waals surface area contributed by atoms with Gasteiger partial charge in [0.25, 0.3) is 0 Å². The fraction of sp³-hybridized carbons (Fsp3) is 0.441. The highest BCUT2D eigenvalue weighted by Gasteiger charge is 2.33.